The van der Waals surface area contributed by atoms with Crippen molar-refractivity contribution >= 4 is 0 Å². The largest absolute Gasteiger partial charge is 0.496 e. The van der Waals surface area contributed by atoms with Crippen LogP contribution in [0.4, 0.5) is 0 Å². The Hall–Kier alpha value is -2.04. The van der Waals surface area contributed by atoms with Crippen LogP contribution >= 0.6 is 0 Å². The first-order valence-corrected chi connectivity index (χ1v) is 9.01. The van der Waals surface area contributed by atoms with E-state index >= 15 is 0 Å². The van der Waals surface area contributed by atoms with Gasteiger partial charge in [-0.15, -0.1) is 0 Å². The second-order valence-electron chi connectivity index (χ2n) is 6.90. The first-order valence-electron chi connectivity index (χ1n) is 9.01. The quantitative estimate of drug-likeness (QED) is 0.722. The van der Waals surface area contributed by atoms with Gasteiger partial charge < -0.3 is 19.7 Å². The molecule has 2 unspecified atom stereocenters. The highest BCUT2D eigenvalue weighted by Crippen LogP contribution is 2.27. The fourth-order valence-corrected chi connectivity index (χ4v) is 3.35. The molecule has 4 heteroatoms. The van der Waals surface area contributed by atoms with Crippen molar-refractivity contribution in [2.75, 3.05) is 27.4 Å². The summed E-state index contributed by atoms with van der Waals surface area (Å²) in [5, 5.41) is 19.9. The molecule has 0 saturated heterocycles. The average molecular weight is 358 g/mol. The molecular formula is C22H30O4. The first-order chi connectivity index (χ1) is 12.5. The molecule has 0 radical (unpaired) electrons. The molecular weight excluding hydrogens is 328 g/mol. The SMILES string of the molecule is COc1cc(CC(CO)C(CO)Cc2ccc(C)c(OC)c2)ccc1C. The molecule has 0 heterocycles. The number of benzene rings is 2. The number of aliphatic hydroxyl groups excluding tert-OH is 2. The molecule has 2 rings (SSSR count). The summed E-state index contributed by atoms with van der Waals surface area (Å²) < 4.78 is 10.8. The number of ether oxygens (including phenoxy) is 2. The Morgan fingerprint density at radius 1 is 0.731 bits per heavy atom. The molecule has 0 spiro atoms. The Morgan fingerprint density at radius 3 is 1.42 bits per heavy atom. The van der Waals surface area contributed by atoms with Gasteiger partial charge in [0.1, 0.15) is 11.5 Å². The maximum atomic E-state index is 9.93. The molecule has 0 saturated carbocycles. The maximum absolute atomic E-state index is 9.93. The fraction of sp³-hybridized carbons (Fsp3) is 0.455. The monoisotopic (exact) mass is 358 g/mol. The molecule has 2 aromatic carbocycles. The smallest absolute Gasteiger partial charge is 0.122 e. The van der Waals surface area contributed by atoms with Gasteiger partial charge in [0.25, 0.3) is 0 Å². The van der Waals surface area contributed by atoms with Crippen LogP contribution < -0.4 is 9.47 Å². The summed E-state index contributed by atoms with van der Waals surface area (Å²) in [6, 6.07) is 12.2. The van der Waals surface area contributed by atoms with Crippen LogP contribution in [0.1, 0.15) is 22.3 Å². The third kappa shape index (κ3) is 4.99. The second kappa shape index (κ2) is 9.60. The lowest BCUT2D eigenvalue weighted by Crippen LogP contribution is -2.26. The molecule has 2 atom stereocenters. The van der Waals surface area contributed by atoms with Crippen molar-refractivity contribution in [1.29, 1.82) is 0 Å². The highest BCUT2D eigenvalue weighted by molar-refractivity contribution is 5.38. The van der Waals surface area contributed by atoms with Crippen LogP contribution in [0.2, 0.25) is 0 Å². The number of hydrogen-bond acceptors (Lipinski definition) is 4. The number of aliphatic hydroxyl groups is 2. The zero-order valence-electron chi connectivity index (χ0n) is 16.2. The number of methoxy groups -OCH3 is 2. The van der Waals surface area contributed by atoms with E-state index in [9.17, 15) is 10.2 Å². The zero-order valence-corrected chi connectivity index (χ0v) is 16.2. The van der Waals surface area contributed by atoms with Crippen molar-refractivity contribution in [3.63, 3.8) is 0 Å². The summed E-state index contributed by atoms with van der Waals surface area (Å²) in [6.45, 7) is 4.08. The van der Waals surface area contributed by atoms with Gasteiger partial charge in [0.15, 0.2) is 0 Å². The van der Waals surface area contributed by atoms with Gasteiger partial charge in [-0.2, -0.15) is 0 Å². The Bertz CT molecular complexity index is 650. The lowest BCUT2D eigenvalue weighted by molar-refractivity contribution is 0.119. The maximum Gasteiger partial charge on any atom is 0.122 e. The Balaban J connectivity index is 2.15. The summed E-state index contributed by atoms with van der Waals surface area (Å²) in [4.78, 5) is 0. The van der Waals surface area contributed by atoms with Gasteiger partial charge in [-0.3, -0.25) is 0 Å². The van der Waals surface area contributed by atoms with Crippen LogP contribution in [0, 0.1) is 25.7 Å². The van der Waals surface area contributed by atoms with Crippen molar-refractivity contribution in [2.24, 2.45) is 11.8 Å². The summed E-state index contributed by atoms with van der Waals surface area (Å²) in [5.41, 5.74) is 4.38. The van der Waals surface area contributed by atoms with Crippen LogP contribution in [-0.2, 0) is 12.8 Å². The number of aryl methyl sites for hydroxylation is 2. The molecule has 26 heavy (non-hydrogen) atoms. The van der Waals surface area contributed by atoms with Crippen molar-refractivity contribution in [3.8, 4) is 11.5 Å². The van der Waals surface area contributed by atoms with E-state index in [1.165, 1.54) is 0 Å². The zero-order chi connectivity index (χ0) is 19.1. The lowest BCUT2D eigenvalue weighted by Gasteiger charge is -2.25. The summed E-state index contributed by atoms with van der Waals surface area (Å²) in [5.74, 6) is 1.64. The van der Waals surface area contributed by atoms with Crippen molar-refractivity contribution in [3.05, 3.63) is 58.7 Å². The minimum atomic E-state index is -0.0280. The van der Waals surface area contributed by atoms with E-state index in [-0.39, 0.29) is 25.0 Å². The molecule has 2 N–H and O–H groups in total. The van der Waals surface area contributed by atoms with Gasteiger partial charge in [0, 0.05) is 13.2 Å². The van der Waals surface area contributed by atoms with E-state index in [1.807, 2.05) is 38.1 Å². The highest BCUT2D eigenvalue weighted by Gasteiger charge is 2.22. The Morgan fingerprint density at radius 2 is 1.12 bits per heavy atom. The first kappa shape index (κ1) is 20.3. The van der Waals surface area contributed by atoms with Gasteiger partial charge >= 0.3 is 0 Å². The summed E-state index contributed by atoms with van der Waals surface area (Å²) >= 11 is 0. The van der Waals surface area contributed by atoms with Gasteiger partial charge in [-0.05, 0) is 72.9 Å². The minimum Gasteiger partial charge on any atom is -0.496 e. The third-order valence-electron chi connectivity index (χ3n) is 5.08. The van der Waals surface area contributed by atoms with E-state index < -0.39 is 0 Å². The Labute approximate surface area is 156 Å². The molecule has 0 aliphatic heterocycles. The van der Waals surface area contributed by atoms with E-state index in [2.05, 4.69) is 12.1 Å². The van der Waals surface area contributed by atoms with E-state index in [4.69, 9.17) is 9.47 Å². The number of rotatable bonds is 9. The van der Waals surface area contributed by atoms with Crippen LogP contribution in [0.5, 0.6) is 11.5 Å². The van der Waals surface area contributed by atoms with Gasteiger partial charge in [-0.25, -0.2) is 0 Å². The van der Waals surface area contributed by atoms with Crippen molar-refractivity contribution in [2.45, 2.75) is 26.7 Å². The van der Waals surface area contributed by atoms with E-state index in [0.29, 0.717) is 12.8 Å². The predicted octanol–water partition coefficient (Wildman–Crippen LogP) is 3.32. The normalized spacial score (nSPS) is 13.3. The predicted molar refractivity (Wildman–Crippen MR) is 104 cm³/mol. The molecule has 0 aliphatic rings. The average Bonchev–Trinajstić information content (AvgIpc) is 2.66. The van der Waals surface area contributed by atoms with Crippen LogP contribution in [0.15, 0.2) is 36.4 Å². The van der Waals surface area contributed by atoms with Gasteiger partial charge in [-0.1, -0.05) is 24.3 Å². The molecule has 142 valence electrons. The fourth-order valence-electron chi connectivity index (χ4n) is 3.35. The van der Waals surface area contributed by atoms with Crippen molar-refractivity contribution in [1.82, 2.24) is 0 Å². The third-order valence-corrected chi connectivity index (χ3v) is 5.08. The van der Waals surface area contributed by atoms with E-state index in [1.54, 1.807) is 14.2 Å². The lowest BCUT2D eigenvalue weighted by atomic mass is 9.83. The van der Waals surface area contributed by atoms with Gasteiger partial charge in [0.05, 0.1) is 14.2 Å². The highest BCUT2D eigenvalue weighted by atomic mass is 16.5. The van der Waals surface area contributed by atoms with Gasteiger partial charge in [0.2, 0.25) is 0 Å². The minimum absolute atomic E-state index is 0.0280. The topological polar surface area (TPSA) is 58.9 Å². The Kier molecular flexibility index (Phi) is 7.49. The second-order valence-corrected chi connectivity index (χ2v) is 6.90. The number of hydrogen-bond donors (Lipinski definition) is 2. The molecule has 0 fully saturated rings. The van der Waals surface area contributed by atoms with Crippen molar-refractivity contribution < 1.29 is 19.7 Å². The molecule has 0 aromatic heterocycles. The summed E-state index contributed by atoms with van der Waals surface area (Å²) in [7, 11) is 3.33. The molecule has 0 aliphatic carbocycles. The van der Waals surface area contributed by atoms with E-state index in [0.717, 1.165) is 33.8 Å². The van der Waals surface area contributed by atoms with Crippen LogP contribution in [-0.4, -0.2) is 37.6 Å². The molecule has 0 amide bonds. The standard InChI is InChI=1S/C22H30O4/c1-15-5-7-17(11-21(15)25-3)9-19(13-23)20(14-24)10-18-8-6-16(2)22(12-18)26-4/h5-8,11-12,19-20,23-24H,9-10,13-14H2,1-4H3. The van der Waals surface area contributed by atoms with Crippen LogP contribution in [0.3, 0.4) is 0 Å². The molecule has 0 bridgehead atoms. The summed E-state index contributed by atoms with van der Waals surface area (Å²) in [6.07, 6.45) is 1.39. The molecule has 4 nitrogen and oxygen atoms in total. The van der Waals surface area contributed by atoms with Crippen LogP contribution in [0.25, 0.3) is 0 Å². The molecule has 2 aromatic rings.